The average molecular weight is 289 g/mol. The maximum Gasteiger partial charge on any atom is 0.214 e. The van der Waals surface area contributed by atoms with Crippen molar-refractivity contribution in [1.82, 2.24) is 0 Å². The summed E-state index contributed by atoms with van der Waals surface area (Å²) in [5.41, 5.74) is 18.1. The Morgan fingerprint density at radius 3 is 1.55 bits per heavy atom. The first kappa shape index (κ1) is 14.4. The number of pyridine rings is 1. The van der Waals surface area contributed by atoms with Crippen molar-refractivity contribution in [2.75, 3.05) is 11.5 Å². The molecule has 0 spiro atoms. The van der Waals surface area contributed by atoms with E-state index in [1.54, 1.807) is 0 Å². The summed E-state index contributed by atoms with van der Waals surface area (Å²) in [5.74, 6) is 0. The first-order chi connectivity index (χ1) is 8.97. The Hall–Kier alpha value is -2.00. The van der Waals surface area contributed by atoms with Gasteiger partial charge in [0.15, 0.2) is 0 Å². The second kappa shape index (κ2) is 4.84. The predicted molar refractivity (Wildman–Crippen MR) is 88.2 cm³/mol. The lowest BCUT2D eigenvalue weighted by molar-refractivity contribution is -0.617. The van der Waals surface area contributed by atoms with Gasteiger partial charge in [-0.25, -0.2) is 0 Å². The second-order valence-corrected chi connectivity index (χ2v) is 5.24. The van der Waals surface area contributed by atoms with Gasteiger partial charge >= 0.3 is 0 Å². The first-order valence-corrected chi connectivity index (χ1v) is 6.36. The van der Waals surface area contributed by atoms with Gasteiger partial charge in [-0.15, -0.1) is 12.4 Å². The summed E-state index contributed by atoms with van der Waals surface area (Å²) in [6, 6.07) is 10.5. The number of hydrogen-bond donors (Lipinski definition) is 2. The largest absolute Gasteiger partial charge is 0.398 e. The second-order valence-electron chi connectivity index (χ2n) is 5.24. The molecule has 0 saturated heterocycles. The zero-order valence-electron chi connectivity index (χ0n) is 11.9. The fourth-order valence-electron chi connectivity index (χ4n) is 2.58. The van der Waals surface area contributed by atoms with Gasteiger partial charge in [-0.2, -0.15) is 4.57 Å². The van der Waals surface area contributed by atoms with Gasteiger partial charge in [0, 0.05) is 34.3 Å². The molecule has 0 aliphatic rings. The van der Waals surface area contributed by atoms with Gasteiger partial charge in [0.2, 0.25) is 11.0 Å². The lowest BCUT2D eigenvalue weighted by atomic mass is 10.0. The molecule has 0 aliphatic carbocycles. The van der Waals surface area contributed by atoms with E-state index in [1.165, 1.54) is 10.8 Å². The van der Waals surface area contributed by atoms with E-state index in [0.717, 1.165) is 33.5 Å². The zero-order chi connectivity index (χ0) is 13.7. The summed E-state index contributed by atoms with van der Waals surface area (Å²) in [4.78, 5) is 0. The molecule has 1 aromatic heterocycles. The number of benzene rings is 2. The highest BCUT2D eigenvalue weighted by Crippen LogP contribution is 2.25. The molecule has 0 aliphatic heterocycles. The SMILES string of the molecule is Cc1cc2cc3cc(C)c(N)cc3[n+](C)c2cc1N.Cl. The van der Waals surface area contributed by atoms with Crippen LogP contribution < -0.4 is 16.0 Å². The van der Waals surface area contributed by atoms with Crippen LogP contribution in [-0.2, 0) is 7.05 Å². The van der Waals surface area contributed by atoms with Crippen LogP contribution in [0.3, 0.4) is 0 Å². The number of aryl methyl sites for hydroxylation is 3. The maximum absolute atomic E-state index is 6.01. The Morgan fingerprint density at radius 2 is 1.15 bits per heavy atom. The van der Waals surface area contributed by atoms with Crippen LogP contribution in [0.5, 0.6) is 0 Å². The van der Waals surface area contributed by atoms with Gasteiger partial charge in [-0.3, -0.25) is 0 Å². The third-order valence-corrected chi connectivity index (χ3v) is 3.86. The average Bonchev–Trinajstić information content (AvgIpc) is 2.35. The lowest BCUT2D eigenvalue weighted by Gasteiger charge is -2.07. The molecule has 3 aromatic rings. The van der Waals surface area contributed by atoms with Gasteiger partial charge < -0.3 is 11.5 Å². The van der Waals surface area contributed by atoms with E-state index in [9.17, 15) is 0 Å². The van der Waals surface area contributed by atoms with Crippen LogP contribution in [0.25, 0.3) is 21.8 Å². The Morgan fingerprint density at radius 1 is 0.750 bits per heavy atom. The molecule has 0 unspecified atom stereocenters. The summed E-state index contributed by atoms with van der Waals surface area (Å²) in [6.07, 6.45) is 0. The molecule has 2 aromatic carbocycles. The number of aromatic nitrogens is 1. The third kappa shape index (κ3) is 2.04. The maximum atomic E-state index is 6.01. The number of hydrogen-bond acceptors (Lipinski definition) is 2. The van der Waals surface area contributed by atoms with Crippen molar-refractivity contribution in [2.24, 2.45) is 7.05 Å². The van der Waals surface area contributed by atoms with Crippen LogP contribution >= 0.6 is 12.4 Å². The van der Waals surface area contributed by atoms with Crippen molar-refractivity contribution >= 4 is 45.6 Å². The minimum absolute atomic E-state index is 0. The van der Waals surface area contributed by atoms with Gasteiger partial charge in [0.05, 0.1) is 0 Å². The molecule has 0 saturated carbocycles. The highest BCUT2D eigenvalue weighted by Gasteiger charge is 2.14. The third-order valence-electron chi connectivity index (χ3n) is 3.86. The number of fused-ring (bicyclic) bond motifs is 2. The number of nitrogens with two attached hydrogens (primary N) is 2. The topological polar surface area (TPSA) is 55.9 Å². The van der Waals surface area contributed by atoms with Gasteiger partial charge in [0.25, 0.3) is 0 Å². The Balaban J connectivity index is 0.00000147. The van der Waals surface area contributed by atoms with Crippen LogP contribution in [0.4, 0.5) is 11.4 Å². The normalized spacial score (nSPS) is 10.8. The van der Waals surface area contributed by atoms with E-state index >= 15 is 0 Å². The van der Waals surface area contributed by atoms with Gasteiger partial charge in [0.1, 0.15) is 7.05 Å². The number of anilines is 2. The monoisotopic (exact) mass is 288 g/mol. The highest BCUT2D eigenvalue weighted by molar-refractivity contribution is 5.92. The van der Waals surface area contributed by atoms with E-state index in [0.29, 0.717) is 0 Å². The Labute approximate surface area is 124 Å². The minimum Gasteiger partial charge on any atom is -0.398 e. The number of nitrogen functional groups attached to an aromatic ring is 2. The molecule has 20 heavy (non-hydrogen) atoms. The Bertz CT molecular complexity index is 759. The molecule has 0 atom stereocenters. The fourth-order valence-corrected chi connectivity index (χ4v) is 2.58. The highest BCUT2D eigenvalue weighted by atomic mass is 35.5. The smallest absolute Gasteiger partial charge is 0.214 e. The van der Waals surface area contributed by atoms with Crippen molar-refractivity contribution in [2.45, 2.75) is 13.8 Å². The van der Waals surface area contributed by atoms with E-state index in [-0.39, 0.29) is 12.4 Å². The van der Waals surface area contributed by atoms with Crippen molar-refractivity contribution < 1.29 is 4.57 Å². The van der Waals surface area contributed by atoms with Crippen LogP contribution in [0, 0.1) is 13.8 Å². The molecule has 0 amide bonds. The number of rotatable bonds is 0. The minimum atomic E-state index is 0. The van der Waals surface area contributed by atoms with Crippen molar-refractivity contribution in [1.29, 1.82) is 0 Å². The fraction of sp³-hybridized carbons (Fsp3) is 0.188. The number of nitrogens with zero attached hydrogens (tertiary/aromatic N) is 1. The van der Waals surface area contributed by atoms with Crippen molar-refractivity contribution in [3.05, 3.63) is 41.5 Å². The summed E-state index contributed by atoms with van der Waals surface area (Å²) < 4.78 is 2.15. The molecule has 0 fully saturated rings. The van der Waals surface area contributed by atoms with Crippen LogP contribution in [-0.4, -0.2) is 0 Å². The van der Waals surface area contributed by atoms with Crippen LogP contribution in [0.2, 0.25) is 0 Å². The molecule has 3 rings (SSSR count). The molecule has 0 radical (unpaired) electrons. The molecule has 4 heteroatoms. The Kier molecular flexibility index (Phi) is 3.48. The van der Waals surface area contributed by atoms with Crippen LogP contribution in [0.1, 0.15) is 11.1 Å². The zero-order valence-corrected chi connectivity index (χ0v) is 12.7. The van der Waals surface area contributed by atoms with Crippen molar-refractivity contribution in [3.8, 4) is 0 Å². The van der Waals surface area contributed by atoms with Gasteiger partial charge in [-0.1, -0.05) is 0 Å². The summed E-state index contributed by atoms with van der Waals surface area (Å²) >= 11 is 0. The summed E-state index contributed by atoms with van der Waals surface area (Å²) in [5, 5.41) is 2.40. The lowest BCUT2D eigenvalue weighted by Crippen LogP contribution is -2.30. The van der Waals surface area contributed by atoms with E-state index in [1.807, 2.05) is 33.0 Å². The van der Waals surface area contributed by atoms with E-state index in [4.69, 9.17) is 11.5 Å². The summed E-state index contributed by atoms with van der Waals surface area (Å²) in [6.45, 7) is 4.07. The van der Waals surface area contributed by atoms with Gasteiger partial charge in [-0.05, 0) is 43.2 Å². The predicted octanol–water partition coefficient (Wildman–Crippen LogP) is 3.02. The quantitative estimate of drug-likeness (QED) is 0.379. The molecular formula is C16H19ClN3+. The molecule has 3 nitrogen and oxygen atoms in total. The van der Waals surface area contributed by atoms with Crippen LogP contribution in [0.15, 0.2) is 30.3 Å². The van der Waals surface area contributed by atoms with E-state index < -0.39 is 0 Å². The number of halogens is 1. The first-order valence-electron chi connectivity index (χ1n) is 6.36. The van der Waals surface area contributed by atoms with Crippen molar-refractivity contribution in [3.63, 3.8) is 0 Å². The molecule has 1 heterocycles. The molecule has 4 N–H and O–H groups in total. The molecular weight excluding hydrogens is 270 g/mol. The molecule has 104 valence electrons. The van der Waals surface area contributed by atoms with E-state index in [2.05, 4.69) is 22.8 Å². The summed E-state index contributed by atoms with van der Waals surface area (Å²) in [7, 11) is 2.05. The standard InChI is InChI=1S/C16H17N3.ClH/c1-9-4-11-6-12-5-10(2)14(18)8-16(12)19(3)15(11)7-13(9)17;/h4-8H,1-3H3,(H3,17,18);1H/p+1. The molecule has 0 bridgehead atoms.